The molecule has 1 rings (SSSR count). The van der Waals surface area contributed by atoms with Gasteiger partial charge in [0.25, 0.3) is 0 Å². The summed E-state index contributed by atoms with van der Waals surface area (Å²) in [6.45, 7) is 2.28. The molecule has 0 fully saturated rings. The van der Waals surface area contributed by atoms with E-state index in [0.717, 1.165) is 25.7 Å². The molecular weight excluding hydrogens is 242 g/mol. The predicted octanol–water partition coefficient (Wildman–Crippen LogP) is 2.55. The lowest BCUT2D eigenvalue weighted by molar-refractivity contribution is -0.134. The van der Waals surface area contributed by atoms with Crippen LogP contribution >= 0.6 is 0 Å². The molecule has 0 saturated carbocycles. The van der Waals surface area contributed by atoms with Crippen LogP contribution in [0, 0.1) is 0 Å². The van der Waals surface area contributed by atoms with Crippen molar-refractivity contribution >= 4 is 5.97 Å². The maximum absolute atomic E-state index is 11.6. The Morgan fingerprint density at radius 3 is 2.84 bits per heavy atom. The van der Waals surface area contributed by atoms with Gasteiger partial charge in [0.1, 0.15) is 5.75 Å². The molecule has 1 aromatic carbocycles. The summed E-state index contributed by atoms with van der Waals surface area (Å²) in [7, 11) is 0. The van der Waals surface area contributed by atoms with Crippen molar-refractivity contribution < 1.29 is 14.6 Å². The van der Waals surface area contributed by atoms with E-state index in [1.54, 1.807) is 24.3 Å². The smallest absolute Gasteiger partial charge is 0.311 e. The molecule has 0 radical (unpaired) electrons. The SMILES string of the molecule is CCCCCCC(=O)Oc1cccc(C(O)CN)c1. The van der Waals surface area contributed by atoms with Crippen LogP contribution in [-0.2, 0) is 4.79 Å². The molecule has 0 aromatic heterocycles. The Bertz CT molecular complexity index is 393. The number of esters is 1. The first-order valence-corrected chi connectivity index (χ1v) is 6.86. The molecule has 4 heteroatoms. The molecule has 0 spiro atoms. The largest absolute Gasteiger partial charge is 0.427 e. The molecule has 1 aromatic rings. The zero-order valence-electron chi connectivity index (χ0n) is 11.5. The number of hydrogen-bond donors (Lipinski definition) is 2. The Labute approximate surface area is 114 Å². The zero-order chi connectivity index (χ0) is 14.1. The number of ether oxygens (including phenoxy) is 1. The molecule has 4 nitrogen and oxygen atoms in total. The Hall–Kier alpha value is -1.39. The third-order valence-corrected chi connectivity index (χ3v) is 2.93. The first-order chi connectivity index (χ1) is 9.17. The van der Waals surface area contributed by atoms with Crippen molar-refractivity contribution in [1.29, 1.82) is 0 Å². The fraction of sp³-hybridized carbons (Fsp3) is 0.533. The summed E-state index contributed by atoms with van der Waals surface area (Å²) < 4.78 is 5.24. The first-order valence-electron chi connectivity index (χ1n) is 6.86. The first kappa shape index (κ1) is 15.7. The van der Waals surface area contributed by atoms with Gasteiger partial charge in [-0.3, -0.25) is 4.79 Å². The second-order valence-electron chi connectivity index (χ2n) is 4.61. The van der Waals surface area contributed by atoms with Gasteiger partial charge in [-0.15, -0.1) is 0 Å². The van der Waals surface area contributed by atoms with Crippen molar-refractivity contribution in [2.75, 3.05) is 6.54 Å². The van der Waals surface area contributed by atoms with E-state index in [4.69, 9.17) is 10.5 Å². The van der Waals surface area contributed by atoms with Gasteiger partial charge in [-0.05, 0) is 24.1 Å². The number of carbonyl (C=O) groups excluding carboxylic acids is 1. The van der Waals surface area contributed by atoms with Crippen molar-refractivity contribution in [3.63, 3.8) is 0 Å². The van der Waals surface area contributed by atoms with Crippen molar-refractivity contribution in [2.24, 2.45) is 5.73 Å². The number of aliphatic hydroxyl groups excluding tert-OH is 1. The van der Waals surface area contributed by atoms with Gasteiger partial charge >= 0.3 is 5.97 Å². The molecule has 19 heavy (non-hydrogen) atoms. The van der Waals surface area contributed by atoms with Crippen molar-refractivity contribution in [2.45, 2.75) is 45.1 Å². The van der Waals surface area contributed by atoms with Gasteiger partial charge in [-0.1, -0.05) is 38.3 Å². The average molecular weight is 265 g/mol. The normalized spacial score (nSPS) is 12.2. The summed E-state index contributed by atoms with van der Waals surface area (Å²) in [5.74, 6) is 0.237. The van der Waals surface area contributed by atoms with Gasteiger partial charge in [0, 0.05) is 13.0 Å². The molecule has 3 N–H and O–H groups in total. The Balaban J connectivity index is 2.45. The predicted molar refractivity (Wildman–Crippen MR) is 74.9 cm³/mol. The highest BCUT2D eigenvalue weighted by molar-refractivity contribution is 5.72. The minimum Gasteiger partial charge on any atom is -0.427 e. The number of unbranched alkanes of at least 4 members (excludes halogenated alkanes) is 3. The third kappa shape index (κ3) is 5.85. The maximum Gasteiger partial charge on any atom is 0.311 e. The molecule has 0 aliphatic carbocycles. The Morgan fingerprint density at radius 2 is 2.16 bits per heavy atom. The molecule has 106 valence electrons. The summed E-state index contributed by atoms with van der Waals surface area (Å²) in [6.07, 6.45) is 3.92. The number of benzene rings is 1. The third-order valence-electron chi connectivity index (χ3n) is 2.93. The fourth-order valence-corrected chi connectivity index (χ4v) is 1.80. The second-order valence-corrected chi connectivity index (χ2v) is 4.61. The zero-order valence-corrected chi connectivity index (χ0v) is 11.5. The van der Waals surface area contributed by atoms with Crippen molar-refractivity contribution in [3.05, 3.63) is 29.8 Å². The van der Waals surface area contributed by atoms with Crippen LogP contribution in [0.3, 0.4) is 0 Å². The van der Waals surface area contributed by atoms with Crippen LogP contribution in [0.25, 0.3) is 0 Å². The van der Waals surface area contributed by atoms with Crippen molar-refractivity contribution in [1.82, 2.24) is 0 Å². The lowest BCUT2D eigenvalue weighted by Crippen LogP contribution is -2.12. The van der Waals surface area contributed by atoms with E-state index in [-0.39, 0.29) is 12.5 Å². The molecule has 0 saturated heterocycles. The van der Waals surface area contributed by atoms with E-state index in [1.807, 2.05) is 0 Å². The monoisotopic (exact) mass is 265 g/mol. The topological polar surface area (TPSA) is 72.5 Å². The molecular formula is C15H23NO3. The van der Waals surface area contributed by atoms with Crippen molar-refractivity contribution in [3.8, 4) is 5.75 Å². The second kappa shape index (κ2) is 8.67. The number of nitrogens with two attached hydrogens (primary N) is 1. The molecule has 1 unspecified atom stereocenters. The Morgan fingerprint density at radius 1 is 1.37 bits per heavy atom. The van der Waals surface area contributed by atoms with Crippen LogP contribution in [0.15, 0.2) is 24.3 Å². The van der Waals surface area contributed by atoms with Crippen LogP contribution < -0.4 is 10.5 Å². The molecule has 0 amide bonds. The van der Waals surface area contributed by atoms with Gasteiger partial charge < -0.3 is 15.6 Å². The number of carbonyl (C=O) groups is 1. The highest BCUT2D eigenvalue weighted by Gasteiger charge is 2.08. The molecule has 0 aliphatic heterocycles. The van der Waals surface area contributed by atoms with Gasteiger partial charge in [0.05, 0.1) is 6.10 Å². The summed E-state index contributed by atoms with van der Waals surface area (Å²) >= 11 is 0. The highest BCUT2D eigenvalue weighted by atomic mass is 16.5. The number of hydrogen-bond acceptors (Lipinski definition) is 4. The van der Waals surface area contributed by atoms with E-state index in [0.29, 0.717) is 17.7 Å². The van der Waals surface area contributed by atoms with Gasteiger partial charge in [-0.25, -0.2) is 0 Å². The van der Waals surface area contributed by atoms with E-state index in [1.165, 1.54) is 0 Å². The maximum atomic E-state index is 11.6. The van der Waals surface area contributed by atoms with Gasteiger partial charge in [0.15, 0.2) is 0 Å². The lowest BCUT2D eigenvalue weighted by Gasteiger charge is -2.10. The van der Waals surface area contributed by atoms with Gasteiger partial charge in [0.2, 0.25) is 0 Å². The van der Waals surface area contributed by atoms with Gasteiger partial charge in [-0.2, -0.15) is 0 Å². The summed E-state index contributed by atoms with van der Waals surface area (Å²) in [4.78, 5) is 11.6. The van der Waals surface area contributed by atoms with E-state index >= 15 is 0 Å². The lowest BCUT2D eigenvalue weighted by atomic mass is 10.1. The quantitative estimate of drug-likeness (QED) is 0.430. The molecule has 1 atom stereocenters. The summed E-state index contributed by atoms with van der Waals surface area (Å²) in [6, 6.07) is 6.86. The summed E-state index contributed by atoms with van der Waals surface area (Å²) in [5, 5.41) is 9.62. The molecule has 0 aliphatic rings. The van der Waals surface area contributed by atoms with E-state index in [9.17, 15) is 9.90 Å². The number of rotatable bonds is 8. The van der Waals surface area contributed by atoms with E-state index < -0.39 is 6.10 Å². The average Bonchev–Trinajstić information content (AvgIpc) is 2.43. The minimum atomic E-state index is -0.719. The summed E-state index contributed by atoms with van der Waals surface area (Å²) in [5.41, 5.74) is 6.06. The molecule has 0 heterocycles. The minimum absolute atomic E-state index is 0.147. The van der Waals surface area contributed by atoms with Crippen LogP contribution in [0.5, 0.6) is 5.75 Å². The van der Waals surface area contributed by atoms with E-state index in [2.05, 4.69) is 6.92 Å². The fourth-order valence-electron chi connectivity index (χ4n) is 1.80. The molecule has 0 bridgehead atoms. The standard InChI is InChI=1S/C15H23NO3/c1-2-3-4-5-9-15(18)19-13-8-6-7-12(10-13)14(17)11-16/h6-8,10,14,17H,2-5,9,11,16H2,1H3. The Kier molecular flexibility index (Phi) is 7.15. The van der Waals surface area contributed by atoms with Crippen LogP contribution in [0.4, 0.5) is 0 Å². The van der Waals surface area contributed by atoms with Crippen LogP contribution in [0.1, 0.15) is 50.7 Å². The number of aliphatic hydroxyl groups is 1. The highest BCUT2D eigenvalue weighted by Crippen LogP contribution is 2.19. The van der Waals surface area contributed by atoms with Crippen LogP contribution in [0.2, 0.25) is 0 Å². The van der Waals surface area contributed by atoms with Crippen LogP contribution in [-0.4, -0.2) is 17.6 Å².